The van der Waals surface area contributed by atoms with Crippen molar-refractivity contribution in [2.24, 2.45) is 12.0 Å². The summed E-state index contributed by atoms with van der Waals surface area (Å²) in [6.45, 7) is 11.8. The van der Waals surface area contributed by atoms with E-state index in [1.807, 2.05) is 18.8 Å². The number of benzene rings is 1. The van der Waals surface area contributed by atoms with Gasteiger partial charge in [-0.2, -0.15) is 5.10 Å². The molecule has 1 aliphatic heterocycles. The van der Waals surface area contributed by atoms with Crippen molar-refractivity contribution in [2.45, 2.75) is 52.4 Å². The van der Waals surface area contributed by atoms with Gasteiger partial charge in [0.2, 0.25) is 0 Å². The van der Waals surface area contributed by atoms with Crippen molar-refractivity contribution in [3.8, 4) is 0 Å². The molecule has 0 spiro atoms. The van der Waals surface area contributed by atoms with E-state index in [2.05, 4.69) is 83.5 Å². The number of aryl methyl sites for hydroxylation is 1. The largest absolute Gasteiger partial charge is 0.376 e. The molecule has 3 rings (SSSR count). The van der Waals surface area contributed by atoms with Crippen LogP contribution in [0.15, 0.2) is 35.5 Å². The number of ether oxygens (including phenoxy) is 1. The van der Waals surface area contributed by atoms with E-state index in [-0.39, 0.29) is 24.0 Å². The maximum Gasteiger partial charge on any atom is 0.193 e. The van der Waals surface area contributed by atoms with E-state index in [0.29, 0.717) is 12.0 Å². The lowest BCUT2D eigenvalue weighted by molar-refractivity contribution is -0.0212. The molecule has 2 heterocycles. The molecule has 7 nitrogen and oxygen atoms in total. The van der Waals surface area contributed by atoms with Crippen LogP contribution < -0.4 is 5.32 Å². The fourth-order valence-electron chi connectivity index (χ4n) is 4.19. The van der Waals surface area contributed by atoms with Crippen LogP contribution in [0.1, 0.15) is 49.1 Å². The Hall–Kier alpha value is -1.65. The summed E-state index contributed by atoms with van der Waals surface area (Å²) >= 11 is 0. The molecule has 8 heteroatoms. The maximum absolute atomic E-state index is 5.66. The summed E-state index contributed by atoms with van der Waals surface area (Å²) in [6, 6.07) is 8.82. The van der Waals surface area contributed by atoms with E-state index < -0.39 is 0 Å². The fraction of sp³-hybridized carbons (Fsp3) is 0.583. The van der Waals surface area contributed by atoms with Gasteiger partial charge in [0.15, 0.2) is 5.96 Å². The molecule has 0 amide bonds. The smallest absolute Gasteiger partial charge is 0.193 e. The van der Waals surface area contributed by atoms with Gasteiger partial charge in [-0.15, -0.1) is 24.0 Å². The van der Waals surface area contributed by atoms with Crippen molar-refractivity contribution in [1.29, 1.82) is 0 Å². The molecular weight excluding hydrogens is 515 g/mol. The number of rotatable bonds is 7. The van der Waals surface area contributed by atoms with Crippen molar-refractivity contribution < 1.29 is 4.74 Å². The Balaban J connectivity index is 0.00000363. The van der Waals surface area contributed by atoms with Gasteiger partial charge in [-0.1, -0.05) is 38.1 Å². The van der Waals surface area contributed by atoms with Crippen molar-refractivity contribution in [2.75, 3.05) is 33.8 Å². The maximum atomic E-state index is 5.66. The monoisotopic (exact) mass is 554 g/mol. The zero-order valence-electron chi connectivity index (χ0n) is 20.3. The summed E-state index contributed by atoms with van der Waals surface area (Å²) in [5, 5.41) is 8.14. The Labute approximate surface area is 210 Å². The Bertz CT molecular complexity index is 881. The second-order valence-corrected chi connectivity index (χ2v) is 8.86. The second-order valence-electron chi connectivity index (χ2n) is 8.86. The summed E-state index contributed by atoms with van der Waals surface area (Å²) in [4.78, 5) is 9.11. The molecule has 1 aliphatic rings. The molecule has 0 bridgehead atoms. The fourth-order valence-corrected chi connectivity index (χ4v) is 4.19. The molecule has 1 fully saturated rings. The predicted octanol–water partition coefficient (Wildman–Crippen LogP) is 3.59. The quantitative estimate of drug-likeness (QED) is 0.322. The summed E-state index contributed by atoms with van der Waals surface area (Å²) in [5.74, 6) is 1.28. The van der Waals surface area contributed by atoms with Crippen LogP contribution in [0.4, 0.5) is 0 Å². The van der Waals surface area contributed by atoms with Crippen LogP contribution in [0.5, 0.6) is 0 Å². The number of aliphatic imine (C=N–C) groups is 1. The zero-order valence-corrected chi connectivity index (χ0v) is 22.7. The first-order valence-corrected chi connectivity index (χ1v) is 11.2. The number of hydrogen-bond donors (Lipinski definition) is 1. The van der Waals surface area contributed by atoms with Crippen LogP contribution in [-0.2, 0) is 31.4 Å². The predicted molar refractivity (Wildman–Crippen MR) is 142 cm³/mol. The van der Waals surface area contributed by atoms with Crippen LogP contribution in [-0.4, -0.2) is 65.4 Å². The van der Waals surface area contributed by atoms with E-state index in [9.17, 15) is 0 Å². The Morgan fingerprint density at radius 3 is 2.78 bits per heavy atom. The summed E-state index contributed by atoms with van der Waals surface area (Å²) < 4.78 is 7.56. The third-order valence-electron chi connectivity index (χ3n) is 5.64. The third kappa shape index (κ3) is 7.45. The molecule has 1 N–H and O–H groups in total. The Morgan fingerprint density at radius 2 is 2.09 bits per heavy atom. The average Bonchev–Trinajstić information content (AvgIpc) is 3.09. The third-order valence-corrected chi connectivity index (χ3v) is 5.64. The van der Waals surface area contributed by atoms with Gasteiger partial charge in [0.05, 0.1) is 18.4 Å². The molecular formula is C24H39IN6O. The lowest BCUT2D eigenvalue weighted by Gasteiger charge is -2.31. The molecule has 178 valence electrons. The number of morpholine rings is 1. The molecule has 0 radical (unpaired) electrons. The number of nitrogens with zero attached hydrogens (tertiary/aromatic N) is 5. The second kappa shape index (κ2) is 12.6. The SMILES string of the molecule is CN=C(NCc1cccc(CN2CCOC(C)C2)c1)N(C)Cc1cn(C)nc1C(C)C.I. The molecule has 1 aromatic carbocycles. The van der Waals surface area contributed by atoms with E-state index in [0.717, 1.165) is 51.0 Å². The lowest BCUT2D eigenvalue weighted by atomic mass is 10.1. The van der Waals surface area contributed by atoms with Crippen LogP contribution in [0.3, 0.4) is 0 Å². The van der Waals surface area contributed by atoms with Gasteiger partial charge in [0.25, 0.3) is 0 Å². The topological polar surface area (TPSA) is 57.9 Å². The summed E-state index contributed by atoms with van der Waals surface area (Å²) in [6.07, 6.45) is 2.42. The van der Waals surface area contributed by atoms with Crippen LogP contribution in [0.25, 0.3) is 0 Å². The first-order chi connectivity index (χ1) is 14.9. The van der Waals surface area contributed by atoms with E-state index >= 15 is 0 Å². The van der Waals surface area contributed by atoms with Gasteiger partial charge in [-0.05, 0) is 24.0 Å². The van der Waals surface area contributed by atoms with Gasteiger partial charge in [-0.3, -0.25) is 14.6 Å². The first-order valence-electron chi connectivity index (χ1n) is 11.2. The van der Waals surface area contributed by atoms with Crippen molar-refractivity contribution in [1.82, 2.24) is 24.9 Å². The van der Waals surface area contributed by atoms with Crippen LogP contribution >= 0.6 is 24.0 Å². The van der Waals surface area contributed by atoms with Crippen molar-refractivity contribution in [3.05, 3.63) is 52.8 Å². The van der Waals surface area contributed by atoms with Crippen LogP contribution in [0, 0.1) is 0 Å². The number of halogens is 1. The number of aromatic nitrogens is 2. The minimum absolute atomic E-state index is 0. The normalized spacial score (nSPS) is 17.3. The highest BCUT2D eigenvalue weighted by molar-refractivity contribution is 14.0. The van der Waals surface area contributed by atoms with Crippen LogP contribution in [0.2, 0.25) is 0 Å². The molecule has 1 saturated heterocycles. The molecule has 2 aromatic rings. The zero-order chi connectivity index (χ0) is 22.4. The first kappa shape index (κ1) is 26.6. The molecule has 1 atom stereocenters. The highest BCUT2D eigenvalue weighted by Crippen LogP contribution is 2.18. The molecule has 0 aliphatic carbocycles. The van der Waals surface area contributed by atoms with Crippen molar-refractivity contribution in [3.63, 3.8) is 0 Å². The number of hydrogen-bond acceptors (Lipinski definition) is 4. The minimum atomic E-state index is 0. The van der Waals surface area contributed by atoms with E-state index in [1.165, 1.54) is 16.7 Å². The number of nitrogens with one attached hydrogen (secondary N) is 1. The highest BCUT2D eigenvalue weighted by atomic mass is 127. The Kier molecular flexibility index (Phi) is 10.4. The average molecular weight is 555 g/mol. The highest BCUT2D eigenvalue weighted by Gasteiger charge is 2.17. The Morgan fingerprint density at radius 1 is 1.34 bits per heavy atom. The number of guanidine groups is 1. The molecule has 0 saturated carbocycles. The standard InChI is InChI=1S/C24H38N6O.HI/c1-18(2)23-22(17-29(6)27-23)16-28(5)24(25-4)26-13-20-8-7-9-21(12-20)15-30-10-11-31-19(3)14-30;/h7-9,12,17-19H,10-11,13-16H2,1-6H3,(H,25,26);1H. The van der Waals surface area contributed by atoms with Gasteiger partial charge < -0.3 is 15.0 Å². The minimum Gasteiger partial charge on any atom is -0.376 e. The van der Waals surface area contributed by atoms with Gasteiger partial charge >= 0.3 is 0 Å². The van der Waals surface area contributed by atoms with E-state index in [4.69, 9.17) is 4.74 Å². The van der Waals surface area contributed by atoms with Gasteiger partial charge in [-0.25, -0.2) is 0 Å². The summed E-state index contributed by atoms with van der Waals surface area (Å²) in [7, 11) is 5.89. The lowest BCUT2D eigenvalue weighted by Crippen LogP contribution is -2.40. The van der Waals surface area contributed by atoms with Gasteiger partial charge in [0, 0.05) is 65.6 Å². The van der Waals surface area contributed by atoms with E-state index in [1.54, 1.807) is 0 Å². The van der Waals surface area contributed by atoms with Gasteiger partial charge in [0.1, 0.15) is 0 Å². The molecule has 1 unspecified atom stereocenters. The summed E-state index contributed by atoms with van der Waals surface area (Å²) in [5.41, 5.74) is 4.99. The van der Waals surface area contributed by atoms with Crippen molar-refractivity contribution >= 4 is 29.9 Å². The molecule has 1 aromatic heterocycles. The molecule has 32 heavy (non-hydrogen) atoms.